The normalized spacial score (nSPS) is 10.7. The lowest BCUT2D eigenvalue weighted by Crippen LogP contribution is -1.83. The minimum Gasteiger partial charge on any atom is -0.298 e. The maximum atomic E-state index is 10.6. The van der Waals surface area contributed by atoms with Crippen LogP contribution < -0.4 is 0 Å². The molecule has 0 saturated heterocycles. The molecule has 0 saturated carbocycles. The summed E-state index contributed by atoms with van der Waals surface area (Å²) in [6.07, 6.45) is 4.21. The van der Waals surface area contributed by atoms with Gasteiger partial charge in [-0.05, 0) is 36.8 Å². The molecular formula is C14H10N2OS. The number of aldehydes is 1. The number of thiophene rings is 1. The summed E-state index contributed by atoms with van der Waals surface area (Å²) in [5, 5.41) is 0. The van der Waals surface area contributed by atoms with E-state index < -0.39 is 0 Å². The standard InChI is InChI=1S/C14H10N2OS/c1-9-4-5-15-12-6-13(18-14(9)12)11-3-2-10(8-17)7-16-11/h2-8H,1H3. The monoisotopic (exact) mass is 254 g/mol. The predicted molar refractivity (Wildman–Crippen MR) is 73.0 cm³/mol. The number of hydrogen-bond donors (Lipinski definition) is 0. The molecule has 0 unspecified atom stereocenters. The highest BCUT2D eigenvalue weighted by atomic mass is 32.1. The highest BCUT2D eigenvalue weighted by Gasteiger charge is 2.07. The van der Waals surface area contributed by atoms with E-state index >= 15 is 0 Å². The van der Waals surface area contributed by atoms with Crippen molar-refractivity contribution >= 4 is 27.8 Å². The summed E-state index contributed by atoms with van der Waals surface area (Å²) >= 11 is 1.68. The maximum Gasteiger partial charge on any atom is 0.151 e. The summed E-state index contributed by atoms with van der Waals surface area (Å²) in [5.74, 6) is 0. The molecule has 0 atom stereocenters. The smallest absolute Gasteiger partial charge is 0.151 e. The first-order chi connectivity index (χ1) is 8.78. The van der Waals surface area contributed by atoms with Crippen LogP contribution in [0.1, 0.15) is 15.9 Å². The Labute approximate surface area is 108 Å². The first kappa shape index (κ1) is 11.0. The predicted octanol–water partition coefficient (Wildman–Crippen LogP) is 3.48. The molecule has 3 nitrogen and oxygen atoms in total. The molecule has 18 heavy (non-hydrogen) atoms. The minimum absolute atomic E-state index is 0.592. The van der Waals surface area contributed by atoms with E-state index in [0.717, 1.165) is 22.4 Å². The summed E-state index contributed by atoms with van der Waals surface area (Å²) in [5.41, 5.74) is 3.69. The highest BCUT2D eigenvalue weighted by Crippen LogP contribution is 2.32. The summed E-state index contributed by atoms with van der Waals surface area (Å²) in [4.78, 5) is 20.3. The van der Waals surface area contributed by atoms with E-state index in [0.29, 0.717) is 5.56 Å². The van der Waals surface area contributed by atoms with Crippen molar-refractivity contribution in [2.45, 2.75) is 6.92 Å². The van der Waals surface area contributed by atoms with Crippen LogP contribution in [0.5, 0.6) is 0 Å². The van der Waals surface area contributed by atoms with Crippen molar-refractivity contribution in [3.05, 3.63) is 47.8 Å². The molecule has 0 N–H and O–H groups in total. The van der Waals surface area contributed by atoms with Crippen LogP contribution in [0.2, 0.25) is 0 Å². The molecule has 0 amide bonds. The van der Waals surface area contributed by atoms with Crippen LogP contribution in [0.4, 0.5) is 0 Å². The lowest BCUT2D eigenvalue weighted by molar-refractivity contribution is 0.112. The molecule has 0 bridgehead atoms. The third kappa shape index (κ3) is 1.80. The van der Waals surface area contributed by atoms with Crippen molar-refractivity contribution in [3.63, 3.8) is 0 Å². The van der Waals surface area contributed by atoms with Crippen LogP contribution in [0.3, 0.4) is 0 Å². The topological polar surface area (TPSA) is 42.9 Å². The zero-order valence-corrected chi connectivity index (χ0v) is 10.6. The van der Waals surface area contributed by atoms with Gasteiger partial charge >= 0.3 is 0 Å². The summed E-state index contributed by atoms with van der Waals surface area (Å²) < 4.78 is 1.19. The third-order valence-electron chi connectivity index (χ3n) is 2.78. The van der Waals surface area contributed by atoms with E-state index in [1.54, 1.807) is 23.6 Å². The molecular weight excluding hydrogens is 244 g/mol. The second-order valence-electron chi connectivity index (χ2n) is 4.05. The number of carbonyl (C=O) groups is 1. The number of carbonyl (C=O) groups excluding carboxylic acids is 1. The molecule has 3 rings (SSSR count). The molecule has 0 aliphatic carbocycles. The van der Waals surface area contributed by atoms with Gasteiger partial charge in [0, 0.05) is 18.0 Å². The molecule has 0 aliphatic rings. The van der Waals surface area contributed by atoms with Crippen LogP contribution in [0, 0.1) is 6.92 Å². The van der Waals surface area contributed by atoms with E-state index in [1.165, 1.54) is 10.3 Å². The number of rotatable bonds is 2. The summed E-state index contributed by atoms with van der Waals surface area (Å²) in [6, 6.07) is 7.69. The molecule has 0 spiro atoms. The van der Waals surface area contributed by atoms with Gasteiger partial charge in [0.15, 0.2) is 6.29 Å². The van der Waals surface area contributed by atoms with Crippen molar-refractivity contribution < 1.29 is 4.79 Å². The Morgan fingerprint density at radius 1 is 1.22 bits per heavy atom. The highest BCUT2D eigenvalue weighted by molar-refractivity contribution is 7.22. The average molecular weight is 254 g/mol. The number of nitrogens with zero attached hydrogens (tertiary/aromatic N) is 2. The van der Waals surface area contributed by atoms with Gasteiger partial charge in [0.05, 0.1) is 20.8 Å². The Bertz CT molecular complexity index is 716. The SMILES string of the molecule is Cc1ccnc2cc(-c3ccc(C=O)cn3)sc12. The maximum absolute atomic E-state index is 10.6. The van der Waals surface area contributed by atoms with Crippen molar-refractivity contribution in [3.8, 4) is 10.6 Å². The third-order valence-corrected chi connectivity index (χ3v) is 4.07. The second-order valence-corrected chi connectivity index (χ2v) is 5.10. The van der Waals surface area contributed by atoms with Crippen molar-refractivity contribution in [1.29, 1.82) is 0 Å². The lowest BCUT2D eigenvalue weighted by atomic mass is 10.2. The summed E-state index contributed by atoms with van der Waals surface area (Å²) in [6.45, 7) is 2.08. The molecule has 3 aromatic heterocycles. The van der Waals surface area contributed by atoms with Gasteiger partial charge in [-0.2, -0.15) is 0 Å². The van der Waals surface area contributed by atoms with Crippen LogP contribution in [-0.2, 0) is 0 Å². The Kier molecular flexibility index (Phi) is 2.64. The molecule has 4 heteroatoms. The fraction of sp³-hybridized carbons (Fsp3) is 0.0714. The molecule has 0 aliphatic heterocycles. The van der Waals surface area contributed by atoms with Gasteiger partial charge < -0.3 is 0 Å². The fourth-order valence-corrected chi connectivity index (χ4v) is 2.87. The van der Waals surface area contributed by atoms with E-state index in [-0.39, 0.29) is 0 Å². The van der Waals surface area contributed by atoms with Crippen molar-refractivity contribution in [1.82, 2.24) is 9.97 Å². The zero-order valence-electron chi connectivity index (χ0n) is 9.75. The Balaban J connectivity index is 2.13. The number of hydrogen-bond acceptors (Lipinski definition) is 4. The number of aryl methyl sites for hydroxylation is 1. The molecule has 88 valence electrons. The van der Waals surface area contributed by atoms with E-state index in [9.17, 15) is 4.79 Å². The average Bonchev–Trinajstić information content (AvgIpc) is 2.84. The van der Waals surface area contributed by atoms with E-state index in [4.69, 9.17) is 0 Å². The number of aromatic nitrogens is 2. The molecule has 0 fully saturated rings. The first-order valence-electron chi connectivity index (χ1n) is 5.54. The van der Waals surface area contributed by atoms with Gasteiger partial charge in [-0.25, -0.2) is 0 Å². The van der Waals surface area contributed by atoms with Gasteiger partial charge in [0.25, 0.3) is 0 Å². The molecule has 3 heterocycles. The fourth-order valence-electron chi connectivity index (χ4n) is 1.81. The molecule has 0 radical (unpaired) electrons. The van der Waals surface area contributed by atoms with Gasteiger partial charge in [-0.15, -0.1) is 11.3 Å². The minimum atomic E-state index is 0.592. The number of pyridine rings is 2. The van der Waals surface area contributed by atoms with Crippen LogP contribution >= 0.6 is 11.3 Å². The van der Waals surface area contributed by atoms with E-state index in [1.807, 2.05) is 24.4 Å². The van der Waals surface area contributed by atoms with Gasteiger partial charge in [-0.1, -0.05) is 0 Å². The van der Waals surface area contributed by atoms with Gasteiger partial charge in [0.2, 0.25) is 0 Å². The van der Waals surface area contributed by atoms with Crippen LogP contribution in [0.25, 0.3) is 20.8 Å². The van der Waals surface area contributed by atoms with Gasteiger partial charge in [-0.3, -0.25) is 14.8 Å². The van der Waals surface area contributed by atoms with Crippen LogP contribution in [-0.4, -0.2) is 16.3 Å². The number of fused-ring (bicyclic) bond motifs is 1. The lowest BCUT2D eigenvalue weighted by Gasteiger charge is -1.95. The zero-order chi connectivity index (χ0) is 12.5. The second kappa shape index (κ2) is 4.31. The largest absolute Gasteiger partial charge is 0.298 e. The Hall–Kier alpha value is -2.07. The van der Waals surface area contributed by atoms with Crippen molar-refractivity contribution in [2.75, 3.05) is 0 Å². The Morgan fingerprint density at radius 3 is 2.78 bits per heavy atom. The first-order valence-corrected chi connectivity index (χ1v) is 6.36. The summed E-state index contributed by atoms with van der Waals surface area (Å²) in [7, 11) is 0. The van der Waals surface area contributed by atoms with E-state index in [2.05, 4.69) is 16.9 Å². The Morgan fingerprint density at radius 2 is 2.11 bits per heavy atom. The van der Waals surface area contributed by atoms with Crippen LogP contribution in [0.15, 0.2) is 36.7 Å². The van der Waals surface area contributed by atoms with Gasteiger partial charge in [0.1, 0.15) is 0 Å². The van der Waals surface area contributed by atoms with Crippen molar-refractivity contribution in [2.24, 2.45) is 0 Å². The molecule has 0 aromatic carbocycles. The quantitative estimate of drug-likeness (QED) is 0.657. The molecule has 3 aromatic rings.